The van der Waals surface area contributed by atoms with Crippen LogP contribution < -0.4 is 9.64 Å². The van der Waals surface area contributed by atoms with Crippen molar-refractivity contribution in [2.24, 2.45) is 5.41 Å². The first-order chi connectivity index (χ1) is 17.0. The standard InChI is InChI=1S/C29H23NO5/c1-34-19-10-7-9-18(16-19)24-25(28(33)35-2)30-22-13-6-3-8-17(22)14-15-23(30)29(24)26(31)20-11-4-5-12-21(20)27(29)32/h3-16,23-25H,1-2H3/t23-,24-,25+/m0/s1. The number of rotatable bonds is 3. The van der Waals surface area contributed by atoms with Crippen molar-refractivity contribution in [2.45, 2.75) is 18.0 Å². The molecule has 1 fully saturated rings. The van der Waals surface area contributed by atoms with Crippen LogP contribution in [0.25, 0.3) is 6.08 Å². The van der Waals surface area contributed by atoms with Crippen LogP contribution in [-0.4, -0.2) is 43.8 Å². The number of anilines is 1. The Morgan fingerprint density at radius 1 is 0.886 bits per heavy atom. The Morgan fingerprint density at radius 3 is 2.26 bits per heavy atom. The topological polar surface area (TPSA) is 72.9 Å². The fourth-order valence-corrected chi connectivity index (χ4v) is 6.22. The third kappa shape index (κ3) is 2.68. The molecule has 1 spiro atoms. The number of hydrogen-bond acceptors (Lipinski definition) is 6. The van der Waals surface area contributed by atoms with Gasteiger partial charge in [-0.05, 0) is 29.3 Å². The second-order valence-electron chi connectivity index (χ2n) is 9.07. The molecule has 0 radical (unpaired) electrons. The van der Waals surface area contributed by atoms with Gasteiger partial charge in [0, 0.05) is 22.7 Å². The van der Waals surface area contributed by atoms with Gasteiger partial charge in [0.25, 0.3) is 0 Å². The highest BCUT2D eigenvalue weighted by Gasteiger charge is 2.71. The first-order valence-corrected chi connectivity index (χ1v) is 11.5. The molecule has 6 nitrogen and oxygen atoms in total. The quantitative estimate of drug-likeness (QED) is 0.424. The van der Waals surface area contributed by atoms with Crippen LogP contribution in [0, 0.1) is 5.41 Å². The Hall–Kier alpha value is -4.19. The molecule has 2 heterocycles. The Kier molecular flexibility index (Phi) is 4.68. The van der Waals surface area contributed by atoms with Gasteiger partial charge in [-0.15, -0.1) is 0 Å². The maximum absolute atomic E-state index is 14.3. The molecule has 174 valence electrons. The number of fused-ring (bicyclic) bond motifs is 5. The van der Waals surface area contributed by atoms with Crippen LogP contribution in [0.3, 0.4) is 0 Å². The fraction of sp³-hybridized carbons (Fsp3) is 0.207. The Bertz CT molecular complexity index is 1390. The molecule has 0 unspecified atom stereocenters. The molecule has 3 atom stereocenters. The Labute approximate surface area is 202 Å². The molecule has 0 aromatic heterocycles. The third-order valence-electron chi connectivity index (χ3n) is 7.61. The molecule has 3 aromatic rings. The molecule has 0 amide bonds. The number of Topliss-reactive ketones (excluding diaryl/α,β-unsaturated/α-hetero) is 2. The molecular formula is C29H23NO5. The summed E-state index contributed by atoms with van der Waals surface area (Å²) in [7, 11) is 2.90. The molecule has 3 aliphatic rings. The number of hydrogen-bond donors (Lipinski definition) is 0. The largest absolute Gasteiger partial charge is 0.497 e. The van der Waals surface area contributed by atoms with Gasteiger partial charge < -0.3 is 14.4 Å². The van der Waals surface area contributed by atoms with Crippen molar-refractivity contribution in [2.75, 3.05) is 19.1 Å². The summed E-state index contributed by atoms with van der Waals surface area (Å²) in [5, 5.41) is 0. The van der Waals surface area contributed by atoms with Gasteiger partial charge in [0.05, 0.1) is 20.3 Å². The van der Waals surface area contributed by atoms with Crippen molar-refractivity contribution in [3.63, 3.8) is 0 Å². The SMILES string of the molecule is COC(=O)[C@H]1[C@H](c2cccc(OC)c2)C2(C(=O)c3ccccc3C2=O)[C@@H]2C=Cc3ccccc3N21. The summed E-state index contributed by atoms with van der Waals surface area (Å²) < 4.78 is 10.8. The van der Waals surface area contributed by atoms with E-state index in [0.29, 0.717) is 22.4 Å². The van der Waals surface area contributed by atoms with Crippen LogP contribution in [0.15, 0.2) is 78.9 Å². The zero-order valence-electron chi connectivity index (χ0n) is 19.3. The highest BCUT2D eigenvalue weighted by molar-refractivity contribution is 6.32. The smallest absolute Gasteiger partial charge is 0.329 e. The van der Waals surface area contributed by atoms with E-state index < -0.39 is 29.4 Å². The average Bonchev–Trinajstić information content (AvgIpc) is 3.35. The van der Waals surface area contributed by atoms with Crippen molar-refractivity contribution in [1.29, 1.82) is 0 Å². The minimum absolute atomic E-state index is 0.267. The maximum Gasteiger partial charge on any atom is 0.329 e. The van der Waals surface area contributed by atoms with Crippen LogP contribution in [0.4, 0.5) is 5.69 Å². The summed E-state index contributed by atoms with van der Waals surface area (Å²) in [5.74, 6) is -1.25. The lowest BCUT2D eigenvalue weighted by atomic mass is 9.64. The summed E-state index contributed by atoms with van der Waals surface area (Å²) in [4.78, 5) is 44.1. The number of ketones is 2. The van der Waals surface area contributed by atoms with E-state index in [-0.39, 0.29) is 11.6 Å². The molecule has 1 aliphatic carbocycles. The maximum atomic E-state index is 14.3. The lowest BCUT2D eigenvalue weighted by Crippen LogP contribution is -2.48. The van der Waals surface area contributed by atoms with Gasteiger partial charge >= 0.3 is 5.97 Å². The number of benzene rings is 3. The third-order valence-corrected chi connectivity index (χ3v) is 7.61. The van der Waals surface area contributed by atoms with Gasteiger partial charge in [0.1, 0.15) is 17.2 Å². The number of para-hydroxylation sites is 1. The average molecular weight is 466 g/mol. The van der Waals surface area contributed by atoms with Crippen LogP contribution >= 0.6 is 0 Å². The first-order valence-electron chi connectivity index (χ1n) is 11.5. The van der Waals surface area contributed by atoms with Crippen molar-refractivity contribution >= 4 is 29.3 Å². The van der Waals surface area contributed by atoms with Crippen LogP contribution in [0.5, 0.6) is 5.75 Å². The number of esters is 1. The monoisotopic (exact) mass is 465 g/mol. The van der Waals surface area contributed by atoms with E-state index in [1.807, 2.05) is 53.5 Å². The molecule has 6 heteroatoms. The molecule has 6 rings (SSSR count). The van der Waals surface area contributed by atoms with E-state index in [0.717, 1.165) is 11.3 Å². The van der Waals surface area contributed by atoms with E-state index in [4.69, 9.17) is 9.47 Å². The lowest BCUT2D eigenvalue weighted by Gasteiger charge is -2.36. The van der Waals surface area contributed by atoms with E-state index in [1.165, 1.54) is 7.11 Å². The van der Waals surface area contributed by atoms with Gasteiger partial charge in [-0.2, -0.15) is 0 Å². The van der Waals surface area contributed by atoms with Crippen molar-refractivity contribution in [1.82, 2.24) is 0 Å². The number of carbonyl (C=O) groups excluding carboxylic acids is 3. The molecular weight excluding hydrogens is 442 g/mol. The summed E-state index contributed by atoms with van der Waals surface area (Å²) >= 11 is 0. The number of carbonyl (C=O) groups is 3. The highest BCUT2D eigenvalue weighted by Crippen LogP contribution is 2.60. The van der Waals surface area contributed by atoms with Gasteiger partial charge in [-0.1, -0.05) is 66.7 Å². The summed E-state index contributed by atoms with van der Waals surface area (Å²) in [6, 6.07) is 20.3. The van der Waals surface area contributed by atoms with Crippen LogP contribution in [0.2, 0.25) is 0 Å². The van der Waals surface area contributed by atoms with Crippen molar-refractivity contribution < 1.29 is 23.9 Å². The molecule has 0 saturated carbocycles. The predicted octanol–water partition coefficient (Wildman–Crippen LogP) is 4.30. The minimum Gasteiger partial charge on any atom is -0.497 e. The van der Waals surface area contributed by atoms with Crippen LogP contribution in [-0.2, 0) is 9.53 Å². The number of ether oxygens (including phenoxy) is 2. The molecule has 3 aromatic carbocycles. The normalized spacial score (nSPS) is 23.1. The molecule has 1 saturated heterocycles. The summed E-state index contributed by atoms with van der Waals surface area (Å²) in [6.07, 6.45) is 3.82. The number of nitrogens with zero attached hydrogens (tertiary/aromatic N) is 1. The van der Waals surface area contributed by atoms with Gasteiger partial charge in [0.2, 0.25) is 0 Å². The Balaban J connectivity index is 1.69. The van der Waals surface area contributed by atoms with Gasteiger partial charge in [0.15, 0.2) is 11.6 Å². The molecule has 35 heavy (non-hydrogen) atoms. The second kappa shape index (κ2) is 7.67. The molecule has 0 N–H and O–H groups in total. The van der Waals surface area contributed by atoms with Crippen LogP contribution in [0.1, 0.15) is 37.8 Å². The lowest BCUT2D eigenvalue weighted by molar-refractivity contribution is -0.142. The second-order valence-corrected chi connectivity index (χ2v) is 9.07. The van der Waals surface area contributed by atoms with Crippen molar-refractivity contribution in [3.8, 4) is 5.75 Å². The highest BCUT2D eigenvalue weighted by atomic mass is 16.5. The van der Waals surface area contributed by atoms with E-state index in [1.54, 1.807) is 43.5 Å². The van der Waals surface area contributed by atoms with Gasteiger partial charge in [-0.25, -0.2) is 4.79 Å². The fourth-order valence-electron chi connectivity index (χ4n) is 6.22. The summed E-state index contributed by atoms with van der Waals surface area (Å²) in [5.41, 5.74) is 1.63. The van der Waals surface area contributed by atoms with Gasteiger partial charge in [-0.3, -0.25) is 9.59 Å². The van der Waals surface area contributed by atoms with E-state index in [9.17, 15) is 14.4 Å². The first kappa shape index (κ1) is 21.4. The molecule has 0 bridgehead atoms. The number of methoxy groups -OCH3 is 2. The van der Waals surface area contributed by atoms with E-state index >= 15 is 0 Å². The predicted molar refractivity (Wildman–Crippen MR) is 131 cm³/mol. The Morgan fingerprint density at radius 2 is 1.57 bits per heavy atom. The summed E-state index contributed by atoms with van der Waals surface area (Å²) in [6.45, 7) is 0. The minimum atomic E-state index is -1.53. The van der Waals surface area contributed by atoms with E-state index in [2.05, 4.69) is 0 Å². The zero-order chi connectivity index (χ0) is 24.3. The molecule has 2 aliphatic heterocycles. The zero-order valence-corrected chi connectivity index (χ0v) is 19.3. The van der Waals surface area contributed by atoms with Crippen molar-refractivity contribution in [3.05, 3.63) is 101 Å².